The van der Waals surface area contributed by atoms with Crippen LogP contribution >= 0.6 is 55.0 Å². The normalized spacial score (nSPS) is 10.4. The highest BCUT2D eigenvalue weighted by Gasteiger charge is 2.12. The van der Waals surface area contributed by atoms with E-state index in [-0.39, 0.29) is 17.6 Å². The van der Waals surface area contributed by atoms with Crippen molar-refractivity contribution in [3.63, 3.8) is 0 Å². The van der Waals surface area contributed by atoms with Crippen molar-refractivity contribution in [3.05, 3.63) is 63.0 Å². The minimum absolute atomic E-state index is 0.141. The number of nitrogens with zero attached hydrogens (tertiary/aromatic N) is 2. The van der Waals surface area contributed by atoms with Crippen molar-refractivity contribution in [2.24, 2.45) is 0 Å². The van der Waals surface area contributed by atoms with Crippen LogP contribution in [0.3, 0.4) is 0 Å². The Bertz CT molecular complexity index is 946. The lowest BCUT2D eigenvalue weighted by Crippen LogP contribution is -2.13. The number of benzene rings is 2. The van der Waals surface area contributed by atoms with Crippen molar-refractivity contribution in [1.29, 1.82) is 0 Å². The predicted molar refractivity (Wildman–Crippen MR) is 115 cm³/mol. The van der Waals surface area contributed by atoms with Crippen molar-refractivity contribution in [3.8, 4) is 0 Å². The van der Waals surface area contributed by atoms with E-state index in [1.54, 1.807) is 24.3 Å². The van der Waals surface area contributed by atoms with Crippen molar-refractivity contribution in [2.45, 2.75) is 4.34 Å². The Morgan fingerprint density at radius 1 is 0.926 bits per heavy atom. The molecule has 0 atom stereocenters. The summed E-state index contributed by atoms with van der Waals surface area (Å²) in [5.74, 6) is -0.202. The molecule has 2 amide bonds. The molecule has 0 saturated carbocycles. The van der Waals surface area contributed by atoms with Crippen molar-refractivity contribution in [2.75, 3.05) is 16.4 Å². The van der Waals surface area contributed by atoms with Crippen LogP contribution in [0.1, 0.15) is 10.4 Å². The molecule has 3 rings (SSSR count). The maximum Gasteiger partial charge on any atom is 0.257 e. The zero-order valence-corrected chi connectivity index (χ0v) is 18.4. The van der Waals surface area contributed by atoms with Crippen LogP contribution in [-0.4, -0.2) is 27.8 Å². The fourth-order valence-electron chi connectivity index (χ4n) is 1.95. The molecule has 1 heterocycles. The van der Waals surface area contributed by atoms with E-state index in [9.17, 15) is 9.59 Å². The molecular formula is C17H12Br2N4O2S2. The zero-order valence-electron chi connectivity index (χ0n) is 13.6. The van der Waals surface area contributed by atoms with E-state index in [4.69, 9.17) is 0 Å². The van der Waals surface area contributed by atoms with Gasteiger partial charge in [0.05, 0.1) is 5.75 Å². The largest absolute Gasteiger partial charge is 0.325 e. The van der Waals surface area contributed by atoms with E-state index in [1.807, 2.05) is 24.3 Å². The second-order valence-corrected chi connectivity index (χ2v) is 9.21. The first-order valence-electron chi connectivity index (χ1n) is 7.58. The van der Waals surface area contributed by atoms with Crippen LogP contribution in [0.25, 0.3) is 0 Å². The highest BCUT2D eigenvalue weighted by Crippen LogP contribution is 2.26. The molecule has 0 aliphatic rings. The molecule has 0 radical (unpaired) electrons. The van der Waals surface area contributed by atoms with Crippen LogP contribution in [0.4, 0.5) is 10.8 Å². The average Bonchev–Trinajstić information content (AvgIpc) is 3.10. The Labute approximate surface area is 180 Å². The minimum atomic E-state index is -0.261. The number of amides is 2. The lowest BCUT2D eigenvalue weighted by molar-refractivity contribution is -0.113. The van der Waals surface area contributed by atoms with Gasteiger partial charge in [-0.25, -0.2) is 0 Å². The van der Waals surface area contributed by atoms with Gasteiger partial charge in [-0.05, 0) is 48.5 Å². The molecule has 0 aliphatic heterocycles. The summed E-state index contributed by atoms with van der Waals surface area (Å²) < 4.78 is 2.45. The van der Waals surface area contributed by atoms with Gasteiger partial charge >= 0.3 is 0 Å². The molecular weight excluding hydrogens is 516 g/mol. The third-order valence-electron chi connectivity index (χ3n) is 3.19. The Kier molecular flexibility index (Phi) is 7.00. The van der Waals surface area contributed by atoms with Gasteiger partial charge in [0.2, 0.25) is 11.0 Å². The Morgan fingerprint density at radius 3 is 2.22 bits per heavy atom. The topological polar surface area (TPSA) is 84.0 Å². The van der Waals surface area contributed by atoms with Gasteiger partial charge in [-0.3, -0.25) is 14.9 Å². The van der Waals surface area contributed by atoms with E-state index < -0.39 is 0 Å². The lowest BCUT2D eigenvalue weighted by Gasteiger charge is -2.03. The van der Waals surface area contributed by atoms with Gasteiger partial charge in [0.15, 0.2) is 4.34 Å². The van der Waals surface area contributed by atoms with Crippen molar-refractivity contribution >= 4 is 77.6 Å². The quantitative estimate of drug-likeness (QED) is 0.346. The molecule has 0 spiro atoms. The number of hydrogen-bond acceptors (Lipinski definition) is 6. The predicted octanol–water partition coefficient (Wildman–Crippen LogP) is 5.05. The van der Waals surface area contributed by atoms with Crippen molar-refractivity contribution < 1.29 is 9.59 Å². The summed E-state index contributed by atoms with van der Waals surface area (Å²) in [5, 5.41) is 13.8. The van der Waals surface area contributed by atoms with Gasteiger partial charge in [-0.15, -0.1) is 10.2 Å². The number of hydrogen-bond donors (Lipinski definition) is 2. The summed E-state index contributed by atoms with van der Waals surface area (Å²) in [7, 11) is 0. The summed E-state index contributed by atoms with van der Waals surface area (Å²) >= 11 is 9.16. The molecule has 6 nitrogen and oxygen atoms in total. The van der Waals surface area contributed by atoms with Gasteiger partial charge in [0.1, 0.15) is 0 Å². The van der Waals surface area contributed by atoms with Crippen LogP contribution in [0.15, 0.2) is 61.8 Å². The smallest absolute Gasteiger partial charge is 0.257 e. The van der Waals surface area contributed by atoms with Crippen LogP contribution in [0.2, 0.25) is 0 Å². The zero-order chi connectivity index (χ0) is 19.2. The lowest BCUT2D eigenvalue weighted by atomic mass is 10.2. The molecule has 1 aromatic heterocycles. The third kappa shape index (κ3) is 6.13. The standard InChI is InChI=1S/C17H12Br2N4O2S2/c18-11-3-1-10(2-4-11)15(25)21-16-22-23-17(27-16)26-9-14(24)20-13-7-5-12(19)6-8-13/h1-8H,9H2,(H,20,24)(H,21,22,25). The summed E-state index contributed by atoms with van der Waals surface area (Å²) in [6.45, 7) is 0. The number of carbonyl (C=O) groups excluding carboxylic acids is 2. The second-order valence-electron chi connectivity index (χ2n) is 5.18. The molecule has 0 aliphatic carbocycles. The number of thioether (sulfide) groups is 1. The molecule has 0 saturated heterocycles. The molecule has 138 valence electrons. The third-order valence-corrected chi connectivity index (χ3v) is 6.22. The number of halogens is 2. The summed E-state index contributed by atoms with van der Waals surface area (Å²) in [4.78, 5) is 24.2. The SMILES string of the molecule is O=C(CSc1nnc(NC(=O)c2ccc(Br)cc2)s1)Nc1ccc(Br)cc1. The summed E-state index contributed by atoms with van der Waals surface area (Å²) in [6, 6.07) is 14.3. The maximum absolute atomic E-state index is 12.2. The molecule has 2 N–H and O–H groups in total. The summed E-state index contributed by atoms with van der Waals surface area (Å²) in [5.41, 5.74) is 1.25. The van der Waals surface area contributed by atoms with E-state index >= 15 is 0 Å². The number of anilines is 2. The number of carbonyl (C=O) groups is 2. The first kappa shape index (κ1) is 20.0. The van der Waals surface area contributed by atoms with E-state index in [2.05, 4.69) is 52.7 Å². The molecule has 0 unspecified atom stereocenters. The van der Waals surface area contributed by atoms with Gasteiger partial charge < -0.3 is 5.32 Å². The Hall–Kier alpha value is -1.75. The van der Waals surface area contributed by atoms with Gasteiger partial charge in [0.25, 0.3) is 5.91 Å². The average molecular weight is 528 g/mol. The molecule has 27 heavy (non-hydrogen) atoms. The molecule has 2 aromatic carbocycles. The number of rotatable bonds is 6. The maximum atomic E-state index is 12.2. The monoisotopic (exact) mass is 526 g/mol. The highest BCUT2D eigenvalue weighted by atomic mass is 79.9. The second kappa shape index (κ2) is 9.45. The Balaban J connectivity index is 1.50. The van der Waals surface area contributed by atoms with E-state index in [0.29, 0.717) is 15.0 Å². The van der Waals surface area contributed by atoms with Gasteiger partial charge in [0, 0.05) is 20.2 Å². The molecule has 10 heteroatoms. The van der Waals surface area contributed by atoms with Gasteiger partial charge in [-0.2, -0.15) is 0 Å². The molecule has 3 aromatic rings. The van der Waals surface area contributed by atoms with Crippen LogP contribution in [0, 0.1) is 0 Å². The van der Waals surface area contributed by atoms with E-state index in [0.717, 1.165) is 14.6 Å². The fraction of sp³-hybridized carbons (Fsp3) is 0.0588. The fourth-order valence-corrected chi connectivity index (χ4v) is 4.02. The van der Waals surface area contributed by atoms with Crippen LogP contribution < -0.4 is 10.6 Å². The molecule has 0 bridgehead atoms. The van der Waals surface area contributed by atoms with Crippen LogP contribution in [0.5, 0.6) is 0 Å². The van der Waals surface area contributed by atoms with Crippen LogP contribution in [-0.2, 0) is 4.79 Å². The number of nitrogens with one attached hydrogen (secondary N) is 2. The first-order chi connectivity index (χ1) is 13.0. The van der Waals surface area contributed by atoms with E-state index in [1.165, 1.54) is 23.1 Å². The number of aromatic nitrogens is 2. The summed E-state index contributed by atoms with van der Waals surface area (Å²) in [6.07, 6.45) is 0. The Morgan fingerprint density at radius 2 is 1.56 bits per heavy atom. The highest BCUT2D eigenvalue weighted by molar-refractivity contribution is 9.10. The minimum Gasteiger partial charge on any atom is -0.325 e. The van der Waals surface area contributed by atoms with Crippen molar-refractivity contribution in [1.82, 2.24) is 10.2 Å². The molecule has 0 fully saturated rings. The van der Waals surface area contributed by atoms with Gasteiger partial charge in [-0.1, -0.05) is 55.0 Å². The first-order valence-corrected chi connectivity index (χ1v) is 11.0.